The summed E-state index contributed by atoms with van der Waals surface area (Å²) >= 11 is 1.70. The van der Waals surface area contributed by atoms with E-state index in [1.54, 1.807) is 11.3 Å². The van der Waals surface area contributed by atoms with Crippen molar-refractivity contribution < 1.29 is 0 Å². The Labute approximate surface area is 336 Å². The Morgan fingerprint density at radius 1 is 0.281 bits per heavy atom. The van der Waals surface area contributed by atoms with Crippen LogP contribution in [0.4, 0.5) is 0 Å². The highest BCUT2D eigenvalue weighted by molar-refractivity contribution is 7.22. The molecule has 10 aromatic rings. The molecule has 0 bridgehead atoms. The topological polar surface area (TPSA) is 38.7 Å². The zero-order chi connectivity index (χ0) is 38.0. The maximum atomic E-state index is 5.11. The molecule has 268 valence electrons. The van der Waals surface area contributed by atoms with Crippen molar-refractivity contribution >= 4 is 21.4 Å². The number of benzene rings is 8. The maximum absolute atomic E-state index is 5.11. The average Bonchev–Trinajstić information content (AvgIpc) is 3.75. The number of nitrogens with zero attached hydrogens (tertiary/aromatic N) is 3. The number of aromatic nitrogens is 3. The van der Waals surface area contributed by atoms with Gasteiger partial charge in [-0.25, -0.2) is 15.0 Å². The smallest absolute Gasteiger partial charge is 0.174 e. The molecule has 0 N–H and O–H groups in total. The van der Waals surface area contributed by atoms with Crippen LogP contribution in [0, 0.1) is 0 Å². The van der Waals surface area contributed by atoms with Gasteiger partial charge >= 0.3 is 0 Å². The van der Waals surface area contributed by atoms with Crippen LogP contribution in [0.2, 0.25) is 0 Å². The quantitative estimate of drug-likeness (QED) is 0.155. The minimum Gasteiger partial charge on any atom is -0.208 e. The van der Waals surface area contributed by atoms with E-state index >= 15 is 0 Å². The first-order valence-electron chi connectivity index (χ1n) is 19.1. The number of thiophene rings is 1. The normalized spacial score (nSPS) is 11.2. The van der Waals surface area contributed by atoms with Gasteiger partial charge in [-0.2, -0.15) is 0 Å². The summed E-state index contributed by atoms with van der Waals surface area (Å²) in [4.78, 5) is 16.2. The van der Waals surface area contributed by atoms with Crippen LogP contribution in [-0.2, 0) is 0 Å². The maximum Gasteiger partial charge on any atom is 0.174 e. The summed E-state index contributed by atoms with van der Waals surface area (Å²) in [5, 5.41) is 1.18. The lowest BCUT2D eigenvalue weighted by Gasteiger charge is -2.24. The van der Waals surface area contributed by atoms with Crippen LogP contribution in [0.1, 0.15) is 0 Å². The Bertz CT molecular complexity index is 2930. The molecule has 8 aromatic carbocycles. The molecule has 0 aliphatic rings. The van der Waals surface area contributed by atoms with Crippen molar-refractivity contribution in [3.8, 4) is 89.1 Å². The van der Waals surface area contributed by atoms with Crippen LogP contribution in [0.5, 0.6) is 0 Å². The minimum atomic E-state index is 0.638. The van der Waals surface area contributed by atoms with E-state index in [1.165, 1.54) is 49.0 Å². The van der Waals surface area contributed by atoms with Gasteiger partial charge in [0.25, 0.3) is 0 Å². The molecule has 0 fully saturated rings. The zero-order valence-electron chi connectivity index (χ0n) is 31.0. The molecule has 0 spiro atoms. The van der Waals surface area contributed by atoms with Crippen LogP contribution in [0.3, 0.4) is 0 Å². The Morgan fingerprint density at radius 3 is 1.16 bits per heavy atom. The fraction of sp³-hybridized carbons (Fsp3) is 0. The summed E-state index contributed by atoms with van der Waals surface area (Å²) in [6.45, 7) is 0. The summed E-state index contributed by atoms with van der Waals surface area (Å²) in [7, 11) is 0. The molecule has 0 radical (unpaired) electrons. The van der Waals surface area contributed by atoms with Gasteiger partial charge in [0.1, 0.15) is 0 Å². The van der Waals surface area contributed by atoms with Gasteiger partial charge < -0.3 is 0 Å². The van der Waals surface area contributed by atoms with Gasteiger partial charge in [-0.3, -0.25) is 0 Å². The molecule has 0 aliphatic carbocycles. The third kappa shape index (κ3) is 6.73. The Hall–Kier alpha value is -7.27. The Kier molecular flexibility index (Phi) is 9.07. The van der Waals surface area contributed by atoms with Crippen LogP contribution >= 0.6 is 11.3 Å². The molecule has 0 saturated carbocycles. The van der Waals surface area contributed by atoms with Crippen LogP contribution < -0.4 is 0 Å². The molecular weight excluding hydrogens is 711 g/mol. The van der Waals surface area contributed by atoms with E-state index in [2.05, 4.69) is 194 Å². The lowest BCUT2D eigenvalue weighted by molar-refractivity contribution is 1.08. The van der Waals surface area contributed by atoms with Gasteiger partial charge in [-0.1, -0.05) is 194 Å². The average molecular weight is 746 g/mol. The predicted octanol–water partition coefficient (Wildman–Crippen LogP) is 14.4. The summed E-state index contributed by atoms with van der Waals surface area (Å²) in [5.41, 5.74) is 13.5. The molecule has 0 amide bonds. The third-order valence-electron chi connectivity index (χ3n) is 10.4. The molecule has 2 heterocycles. The zero-order valence-corrected chi connectivity index (χ0v) is 31.8. The number of hydrogen-bond acceptors (Lipinski definition) is 4. The van der Waals surface area contributed by atoms with Crippen molar-refractivity contribution in [3.63, 3.8) is 0 Å². The molecule has 0 saturated heterocycles. The van der Waals surface area contributed by atoms with E-state index < -0.39 is 0 Å². The number of rotatable bonds is 8. The Balaban J connectivity index is 1.20. The van der Waals surface area contributed by atoms with Crippen molar-refractivity contribution in [2.75, 3.05) is 0 Å². The van der Waals surface area contributed by atoms with E-state index in [0.29, 0.717) is 17.5 Å². The Morgan fingerprint density at radius 2 is 0.649 bits per heavy atom. The second-order valence-electron chi connectivity index (χ2n) is 14.0. The minimum absolute atomic E-state index is 0.638. The highest BCUT2D eigenvalue weighted by atomic mass is 32.1. The fourth-order valence-corrected chi connectivity index (χ4v) is 8.68. The molecule has 2 aromatic heterocycles. The van der Waals surface area contributed by atoms with Crippen molar-refractivity contribution in [1.82, 2.24) is 15.0 Å². The SMILES string of the molecule is c1ccc(-c2nc(-c3ccc(-c4c(-c5ccccc5)cc(-c5ccccc5)c(-c5ccccc5)c4-c4ccccc4)cc3)nc(-c3cc4ccccc4s3)n2)cc1. The summed E-state index contributed by atoms with van der Waals surface area (Å²) in [5.74, 6) is 1.96. The lowest BCUT2D eigenvalue weighted by Crippen LogP contribution is -2.00. The van der Waals surface area contributed by atoms with Gasteiger partial charge in [-0.05, 0) is 79.2 Å². The van der Waals surface area contributed by atoms with Gasteiger partial charge in [0.15, 0.2) is 17.5 Å². The van der Waals surface area contributed by atoms with Gasteiger partial charge in [0.2, 0.25) is 0 Å². The first kappa shape index (κ1) is 34.2. The summed E-state index contributed by atoms with van der Waals surface area (Å²) < 4.78 is 1.21. The van der Waals surface area contributed by atoms with Gasteiger partial charge in [-0.15, -0.1) is 11.3 Å². The largest absolute Gasteiger partial charge is 0.208 e. The van der Waals surface area contributed by atoms with E-state index in [9.17, 15) is 0 Å². The first-order chi connectivity index (χ1) is 28.3. The standard InChI is InChI=1S/C53H35N3S/c1-6-18-36(19-7-1)44-35-45(37-20-8-2-9-21-37)49(50(39-24-12-4-13-25-39)48(44)38-22-10-3-11-23-38)40-30-32-42(33-31-40)52-54-51(41-26-14-5-15-27-41)55-53(56-52)47-34-43-28-16-17-29-46(43)57-47/h1-35H. The van der Waals surface area contributed by atoms with E-state index in [1.807, 2.05) is 18.2 Å². The van der Waals surface area contributed by atoms with Crippen LogP contribution in [0.25, 0.3) is 99.2 Å². The third-order valence-corrected chi connectivity index (χ3v) is 11.5. The monoisotopic (exact) mass is 745 g/mol. The lowest BCUT2D eigenvalue weighted by atomic mass is 9.79. The number of fused-ring (bicyclic) bond motifs is 1. The molecule has 0 unspecified atom stereocenters. The van der Waals surface area contributed by atoms with Crippen LogP contribution in [0.15, 0.2) is 212 Å². The van der Waals surface area contributed by atoms with Crippen molar-refractivity contribution in [2.24, 2.45) is 0 Å². The fourth-order valence-electron chi connectivity index (χ4n) is 7.68. The van der Waals surface area contributed by atoms with Crippen molar-refractivity contribution in [3.05, 3.63) is 212 Å². The highest BCUT2D eigenvalue weighted by Crippen LogP contribution is 2.50. The summed E-state index contributed by atoms with van der Waals surface area (Å²) in [6, 6.07) is 75.0. The van der Waals surface area contributed by atoms with Crippen molar-refractivity contribution in [2.45, 2.75) is 0 Å². The second kappa shape index (κ2) is 15.1. The van der Waals surface area contributed by atoms with Gasteiger partial charge in [0.05, 0.1) is 4.88 Å². The van der Waals surface area contributed by atoms with Gasteiger partial charge in [0, 0.05) is 15.8 Å². The second-order valence-corrected chi connectivity index (χ2v) is 15.0. The molecule has 10 rings (SSSR count). The highest BCUT2D eigenvalue weighted by Gasteiger charge is 2.24. The van der Waals surface area contributed by atoms with E-state index in [-0.39, 0.29) is 0 Å². The first-order valence-corrected chi connectivity index (χ1v) is 19.9. The molecule has 57 heavy (non-hydrogen) atoms. The van der Waals surface area contributed by atoms with E-state index in [4.69, 9.17) is 15.0 Å². The van der Waals surface area contributed by atoms with Crippen LogP contribution in [-0.4, -0.2) is 15.0 Å². The summed E-state index contributed by atoms with van der Waals surface area (Å²) in [6.07, 6.45) is 0. The molecule has 4 heteroatoms. The molecular formula is C53H35N3S. The van der Waals surface area contributed by atoms with E-state index in [0.717, 1.165) is 32.7 Å². The number of hydrogen-bond donors (Lipinski definition) is 0. The molecule has 3 nitrogen and oxygen atoms in total. The van der Waals surface area contributed by atoms with Crippen molar-refractivity contribution in [1.29, 1.82) is 0 Å². The predicted molar refractivity (Wildman–Crippen MR) is 239 cm³/mol. The molecule has 0 aliphatic heterocycles. The molecule has 0 atom stereocenters.